The van der Waals surface area contributed by atoms with Crippen molar-refractivity contribution in [2.24, 2.45) is 0 Å². The van der Waals surface area contributed by atoms with Crippen molar-refractivity contribution in [3.8, 4) is 0 Å². The minimum atomic E-state index is -0.770. The van der Waals surface area contributed by atoms with E-state index in [1.807, 2.05) is 0 Å². The summed E-state index contributed by atoms with van der Waals surface area (Å²) in [6.45, 7) is 6.54. The lowest BCUT2D eigenvalue weighted by molar-refractivity contribution is -0.167. The van der Waals surface area contributed by atoms with Crippen molar-refractivity contribution < 1.29 is 28.6 Å². The molecule has 0 rings (SSSR count). The van der Waals surface area contributed by atoms with Gasteiger partial charge in [0.15, 0.2) is 6.10 Å². The van der Waals surface area contributed by atoms with E-state index < -0.39 is 6.10 Å². The SMILES string of the molecule is CC/C=C\C/C=C\C/C=C\C/C=C\C/C=C\C/C=C\CCCCCCCCCCCCCCC(=O)OCC(COC(=O)CCCCCCCCCCCC)OC(=O)CCCCCCCCCCCCCCC. The van der Waals surface area contributed by atoms with E-state index in [2.05, 4.69) is 93.7 Å². The standard InChI is InChI=1S/C66H116O6/c1-4-7-10-13-16-19-22-24-25-26-27-28-29-30-31-32-33-34-35-36-37-38-39-40-41-43-44-47-50-53-56-59-65(68)71-62-63(61-70-64(67)58-55-52-49-46-21-18-15-12-9-6-3)72-66(69)60-57-54-51-48-45-42-23-20-17-14-11-8-5-2/h7,10,16,19,24-25,27-28,30-31,33-34,63H,4-6,8-9,11-15,17-18,20-23,26,29,32,35-62H2,1-3H3/b10-7-,19-16-,25-24-,28-27-,31-30-,34-33-. The van der Waals surface area contributed by atoms with Crippen molar-refractivity contribution in [3.63, 3.8) is 0 Å². The molecule has 6 heteroatoms. The van der Waals surface area contributed by atoms with Crippen LogP contribution in [0.3, 0.4) is 0 Å². The molecule has 6 nitrogen and oxygen atoms in total. The number of unbranched alkanes of at least 4 members (excludes halogenated alkanes) is 33. The van der Waals surface area contributed by atoms with Gasteiger partial charge in [-0.1, -0.05) is 293 Å². The van der Waals surface area contributed by atoms with E-state index in [1.165, 1.54) is 173 Å². The summed E-state index contributed by atoms with van der Waals surface area (Å²) in [6, 6.07) is 0. The van der Waals surface area contributed by atoms with Crippen LogP contribution in [-0.4, -0.2) is 37.2 Å². The molecule has 0 fully saturated rings. The Labute approximate surface area is 446 Å². The first-order valence-corrected chi connectivity index (χ1v) is 30.9. The van der Waals surface area contributed by atoms with Crippen molar-refractivity contribution >= 4 is 17.9 Å². The molecular weight excluding hydrogens is 889 g/mol. The Kier molecular flexibility index (Phi) is 57.8. The average molecular weight is 1010 g/mol. The van der Waals surface area contributed by atoms with Gasteiger partial charge in [0, 0.05) is 19.3 Å². The van der Waals surface area contributed by atoms with Gasteiger partial charge in [-0.15, -0.1) is 0 Å². The fourth-order valence-corrected chi connectivity index (χ4v) is 8.86. The van der Waals surface area contributed by atoms with Crippen LogP contribution in [0.2, 0.25) is 0 Å². The third-order valence-electron chi connectivity index (χ3n) is 13.5. The van der Waals surface area contributed by atoms with Crippen LogP contribution in [-0.2, 0) is 28.6 Å². The van der Waals surface area contributed by atoms with Crippen LogP contribution in [0.15, 0.2) is 72.9 Å². The second-order valence-electron chi connectivity index (χ2n) is 20.6. The van der Waals surface area contributed by atoms with Gasteiger partial charge in [-0.2, -0.15) is 0 Å². The Bertz CT molecular complexity index is 1340. The van der Waals surface area contributed by atoms with E-state index in [-0.39, 0.29) is 31.1 Å². The van der Waals surface area contributed by atoms with Gasteiger partial charge in [0.2, 0.25) is 0 Å². The molecule has 0 aliphatic carbocycles. The molecule has 72 heavy (non-hydrogen) atoms. The van der Waals surface area contributed by atoms with Gasteiger partial charge in [-0.25, -0.2) is 0 Å². The van der Waals surface area contributed by atoms with Gasteiger partial charge < -0.3 is 14.2 Å². The highest BCUT2D eigenvalue weighted by Gasteiger charge is 2.19. The summed E-state index contributed by atoms with van der Waals surface area (Å²) < 4.78 is 16.9. The van der Waals surface area contributed by atoms with Crippen LogP contribution in [0.1, 0.15) is 310 Å². The summed E-state index contributed by atoms with van der Waals surface area (Å²) >= 11 is 0. The minimum Gasteiger partial charge on any atom is -0.462 e. The van der Waals surface area contributed by atoms with E-state index >= 15 is 0 Å². The molecule has 0 aliphatic heterocycles. The van der Waals surface area contributed by atoms with Crippen LogP contribution in [0, 0.1) is 0 Å². The van der Waals surface area contributed by atoms with Crippen molar-refractivity contribution in [3.05, 3.63) is 72.9 Å². The topological polar surface area (TPSA) is 78.9 Å². The lowest BCUT2D eigenvalue weighted by Gasteiger charge is -2.18. The highest BCUT2D eigenvalue weighted by atomic mass is 16.6. The highest BCUT2D eigenvalue weighted by Crippen LogP contribution is 2.17. The fourth-order valence-electron chi connectivity index (χ4n) is 8.86. The number of rotatable bonds is 56. The number of carbonyl (C=O) groups is 3. The van der Waals surface area contributed by atoms with Crippen molar-refractivity contribution in [1.29, 1.82) is 0 Å². The van der Waals surface area contributed by atoms with Crippen LogP contribution in [0.25, 0.3) is 0 Å². The molecule has 0 aromatic carbocycles. The predicted molar refractivity (Wildman–Crippen MR) is 311 cm³/mol. The monoisotopic (exact) mass is 1000 g/mol. The zero-order valence-corrected chi connectivity index (χ0v) is 47.7. The number of allylic oxidation sites excluding steroid dienone is 12. The fraction of sp³-hybridized carbons (Fsp3) is 0.773. The first-order valence-electron chi connectivity index (χ1n) is 30.9. The Balaban J connectivity index is 4.12. The summed E-state index contributed by atoms with van der Waals surface area (Å²) in [6.07, 6.45) is 77.7. The van der Waals surface area contributed by atoms with Gasteiger partial charge in [-0.3, -0.25) is 14.4 Å². The predicted octanol–water partition coefficient (Wildman–Crippen LogP) is 20.9. The van der Waals surface area contributed by atoms with Crippen LogP contribution in [0.5, 0.6) is 0 Å². The highest BCUT2D eigenvalue weighted by molar-refractivity contribution is 5.71. The largest absolute Gasteiger partial charge is 0.462 e. The number of hydrogen-bond donors (Lipinski definition) is 0. The zero-order chi connectivity index (χ0) is 52.2. The van der Waals surface area contributed by atoms with Crippen LogP contribution in [0.4, 0.5) is 0 Å². The summed E-state index contributed by atoms with van der Waals surface area (Å²) in [5, 5.41) is 0. The first kappa shape index (κ1) is 68.8. The summed E-state index contributed by atoms with van der Waals surface area (Å²) in [4.78, 5) is 38.1. The summed E-state index contributed by atoms with van der Waals surface area (Å²) in [7, 11) is 0. The van der Waals surface area contributed by atoms with Crippen LogP contribution < -0.4 is 0 Å². The molecule has 1 atom stereocenters. The summed E-state index contributed by atoms with van der Waals surface area (Å²) in [5.41, 5.74) is 0. The second kappa shape index (κ2) is 60.4. The Morgan fingerprint density at radius 3 is 0.847 bits per heavy atom. The molecule has 0 aromatic rings. The van der Waals surface area contributed by atoms with Gasteiger partial charge in [0.05, 0.1) is 0 Å². The van der Waals surface area contributed by atoms with E-state index in [0.717, 1.165) is 96.3 Å². The second-order valence-corrected chi connectivity index (χ2v) is 20.6. The molecule has 0 N–H and O–H groups in total. The minimum absolute atomic E-state index is 0.0702. The van der Waals surface area contributed by atoms with Gasteiger partial charge in [0.25, 0.3) is 0 Å². The lowest BCUT2D eigenvalue weighted by Crippen LogP contribution is -2.30. The van der Waals surface area contributed by atoms with E-state index in [1.54, 1.807) is 0 Å². The third kappa shape index (κ3) is 57.7. The number of hydrogen-bond acceptors (Lipinski definition) is 6. The zero-order valence-electron chi connectivity index (χ0n) is 47.7. The molecule has 1 unspecified atom stereocenters. The maximum absolute atomic E-state index is 12.8. The van der Waals surface area contributed by atoms with Gasteiger partial charge in [-0.05, 0) is 70.6 Å². The normalized spacial score (nSPS) is 12.5. The van der Waals surface area contributed by atoms with E-state index in [0.29, 0.717) is 19.3 Å². The molecule has 0 spiro atoms. The number of esters is 3. The quantitative estimate of drug-likeness (QED) is 0.0261. The Morgan fingerprint density at radius 1 is 0.292 bits per heavy atom. The van der Waals surface area contributed by atoms with E-state index in [4.69, 9.17) is 14.2 Å². The maximum Gasteiger partial charge on any atom is 0.306 e. The van der Waals surface area contributed by atoms with E-state index in [9.17, 15) is 14.4 Å². The molecule has 0 amide bonds. The molecule has 0 aliphatic rings. The third-order valence-corrected chi connectivity index (χ3v) is 13.5. The van der Waals surface area contributed by atoms with Crippen molar-refractivity contribution in [1.82, 2.24) is 0 Å². The summed E-state index contributed by atoms with van der Waals surface area (Å²) in [5.74, 6) is -0.860. The molecule has 0 saturated carbocycles. The number of ether oxygens (including phenoxy) is 3. The Hall–Kier alpha value is -3.15. The van der Waals surface area contributed by atoms with Crippen molar-refractivity contribution in [2.45, 2.75) is 316 Å². The molecule has 416 valence electrons. The molecule has 0 radical (unpaired) electrons. The Morgan fingerprint density at radius 2 is 0.542 bits per heavy atom. The molecular formula is C66H116O6. The first-order chi connectivity index (χ1) is 35.5. The smallest absolute Gasteiger partial charge is 0.306 e. The average Bonchev–Trinajstić information content (AvgIpc) is 3.38. The molecule has 0 heterocycles. The molecule has 0 bridgehead atoms. The van der Waals surface area contributed by atoms with Crippen molar-refractivity contribution in [2.75, 3.05) is 13.2 Å². The van der Waals surface area contributed by atoms with Gasteiger partial charge in [0.1, 0.15) is 13.2 Å². The molecule has 0 aromatic heterocycles. The number of carbonyl (C=O) groups excluding carboxylic acids is 3. The van der Waals surface area contributed by atoms with Gasteiger partial charge >= 0.3 is 17.9 Å². The van der Waals surface area contributed by atoms with Crippen LogP contribution >= 0.6 is 0 Å². The maximum atomic E-state index is 12.8. The lowest BCUT2D eigenvalue weighted by atomic mass is 10.0. The molecule has 0 saturated heterocycles.